The first kappa shape index (κ1) is 32.5. The van der Waals surface area contributed by atoms with E-state index < -0.39 is 16.9 Å². The van der Waals surface area contributed by atoms with Crippen molar-refractivity contribution in [3.8, 4) is 28.7 Å². The van der Waals surface area contributed by atoms with Crippen molar-refractivity contribution in [1.82, 2.24) is 14.5 Å². The Kier molecular flexibility index (Phi) is 9.33. The maximum Gasteiger partial charge on any atom is 0.266 e. The Morgan fingerprint density at radius 3 is 2.52 bits per heavy atom. The van der Waals surface area contributed by atoms with Gasteiger partial charge in [0.05, 0.1) is 49.6 Å². The number of fused-ring (bicyclic) bond motifs is 2. The summed E-state index contributed by atoms with van der Waals surface area (Å²) < 4.78 is 19.0. The minimum absolute atomic E-state index is 0.0469. The van der Waals surface area contributed by atoms with Gasteiger partial charge in [0, 0.05) is 53.1 Å². The summed E-state index contributed by atoms with van der Waals surface area (Å²) in [5, 5.41) is 20.0. The van der Waals surface area contributed by atoms with Gasteiger partial charge in [-0.1, -0.05) is 18.2 Å². The van der Waals surface area contributed by atoms with Crippen molar-refractivity contribution in [3.05, 3.63) is 112 Å². The Bertz CT molecular complexity index is 2040. The van der Waals surface area contributed by atoms with Crippen molar-refractivity contribution >= 4 is 22.5 Å². The van der Waals surface area contributed by atoms with Gasteiger partial charge in [0.15, 0.2) is 23.1 Å². The van der Waals surface area contributed by atoms with E-state index in [1.54, 1.807) is 48.7 Å². The standard InChI is InChI=1S/C37H35N3O8/c1-37(45,22-41)14-16-47-35-20-29-26(19-34(35)46-2)33(13-15-38-29)48-25-12-11-23(39-21-25)17-32(43)28-18-27-30(9-6-10-31(27)42)40(36(28)44)24-7-4-3-5-8-24/h3-5,7-8,11-13,15,18-21,41,45H,6,9-10,14,16-17,22H2,1-2H3/t37-/m0/s1. The highest BCUT2D eigenvalue weighted by Crippen LogP contribution is 2.37. The predicted molar refractivity (Wildman–Crippen MR) is 178 cm³/mol. The quantitative estimate of drug-likeness (QED) is 0.176. The number of methoxy groups -OCH3 is 1. The number of hydrogen-bond donors (Lipinski definition) is 2. The highest BCUT2D eigenvalue weighted by molar-refractivity contribution is 6.03. The Morgan fingerprint density at radius 1 is 0.979 bits per heavy atom. The third-order valence-corrected chi connectivity index (χ3v) is 8.33. The van der Waals surface area contributed by atoms with Crippen LogP contribution in [0.2, 0.25) is 0 Å². The molecule has 1 aliphatic rings. The van der Waals surface area contributed by atoms with Gasteiger partial charge in [-0.2, -0.15) is 0 Å². The Balaban J connectivity index is 1.21. The third kappa shape index (κ3) is 6.83. The number of nitrogens with zero attached hydrogens (tertiary/aromatic N) is 3. The van der Waals surface area contributed by atoms with Crippen LogP contribution in [0.15, 0.2) is 83.9 Å². The van der Waals surface area contributed by atoms with E-state index in [4.69, 9.17) is 14.2 Å². The molecule has 3 heterocycles. The van der Waals surface area contributed by atoms with Crippen molar-refractivity contribution in [2.24, 2.45) is 0 Å². The van der Waals surface area contributed by atoms with Crippen LogP contribution in [0.3, 0.4) is 0 Å². The van der Waals surface area contributed by atoms with E-state index in [1.807, 2.05) is 18.2 Å². The molecule has 2 N–H and O–H groups in total. The molecule has 0 fully saturated rings. The number of benzene rings is 2. The zero-order valence-electron chi connectivity index (χ0n) is 26.6. The summed E-state index contributed by atoms with van der Waals surface area (Å²) in [4.78, 5) is 48.8. The first-order valence-electron chi connectivity index (χ1n) is 15.6. The van der Waals surface area contributed by atoms with E-state index in [-0.39, 0.29) is 37.4 Å². The summed E-state index contributed by atoms with van der Waals surface area (Å²) in [6.07, 6.45) is 4.77. The molecule has 0 aliphatic heterocycles. The number of hydrogen-bond acceptors (Lipinski definition) is 10. The molecule has 48 heavy (non-hydrogen) atoms. The molecule has 2 aromatic carbocycles. The van der Waals surface area contributed by atoms with Crippen LogP contribution in [0.4, 0.5) is 0 Å². The summed E-state index contributed by atoms with van der Waals surface area (Å²) in [6, 6.07) is 19.0. The lowest BCUT2D eigenvalue weighted by Crippen LogP contribution is -2.32. The number of carbonyl (C=O) groups is 2. The number of carbonyl (C=O) groups excluding carboxylic acids is 2. The van der Waals surface area contributed by atoms with Gasteiger partial charge in [0.1, 0.15) is 11.5 Å². The average Bonchev–Trinajstić information content (AvgIpc) is 3.09. The average molecular weight is 650 g/mol. The fourth-order valence-electron chi connectivity index (χ4n) is 5.65. The van der Waals surface area contributed by atoms with Crippen molar-refractivity contribution in [3.63, 3.8) is 0 Å². The van der Waals surface area contributed by atoms with Gasteiger partial charge >= 0.3 is 0 Å². The third-order valence-electron chi connectivity index (χ3n) is 8.33. The highest BCUT2D eigenvalue weighted by Gasteiger charge is 2.26. The van der Waals surface area contributed by atoms with Crippen LogP contribution in [-0.2, 0) is 12.8 Å². The monoisotopic (exact) mass is 649 g/mol. The fourth-order valence-corrected chi connectivity index (χ4v) is 5.65. The van der Waals surface area contributed by atoms with E-state index >= 15 is 0 Å². The zero-order chi connectivity index (χ0) is 33.8. The van der Waals surface area contributed by atoms with E-state index in [0.717, 1.165) is 0 Å². The molecule has 5 aromatic rings. The molecule has 0 saturated heterocycles. The first-order valence-corrected chi connectivity index (χ1v) is 15.6. The van der Waals surface area contributed by atoms with E-state index in [2.05, 4.69) is 9.97 Å². The maximum absolute atomic E-state index is 13.7. The number of aliphatic hydroxyl groups is 2. The van der Waals surface area contributed by atoms with Crippen LogP contribution in [0.5, 0.6) is 23.0 Å². The van der Waals surface area contributed by atoms with E-state index in [9.17, 15) is 24.6 Å². The van der Waals surface area contributed by atoms with Gasteiger partial charge in [-0.3, -0.25) is 28.9 Å². The van der Waals surface area contributed by atoms with Crippen molar-refractivity contribution < 1.29 is 34.0 Å². The largest absolute Gasteiger partial charge is 0.493 e. The van der Waals surface area contributed by atoms with Crippen LogP contribution in [0.1, 0.15) is 58.3 Å². The van der Waals surface area contributed by atoms with Crippen LogP contribution < -0.4 is 19.8 Å². The Morgan fingerprint density at radius 2 is 1.79 bits per heavy atom. The minimum Gasteiger partial charge on any atom is -0.493 e. The Labute approximate surface area is 276 Å². The molecule has 0 saturated carbocycles. The second kappa shape index (κ2) is 13.8. The number of rotatable bonds is 12. The minimum atomic E-state index is -1.26. The smallest absolute Gasteiger partial charge is 0.266 e. The molecule has 0 unspecified atom stereocenters. The lowest BCUT2D eigenvalue weighted by Gasteiger charge is -2.21. The topological polar surface area (TPSA) is 150 Å². The Hall–Kier alpha value is -5.39. The number of para-hydroxylation sites is 1. The number of aromatic nitrogens is 3. The lowest BCUT2D eigenvalue weighted by molar-refractivity contribution is -0.0141. The number of pyridine rings is 3. The fraction of sp³-hybridized carbons (Fsp3) is 0.270. The molecule has 1 aliphatic carbocycles. The van der Waals surface area contributed by atoms with Gasteiger partial charge in [-0.15, -0.1) is 0 Å². The summed E-state index contributed by atoms with van der Waals surface area (Å²) in [5.74, 6) is 1.25. The molecular formula is C37H35N3O8. The lowest BCUT2D eigenvalue weighted by atomic mass is 9.91. The second-order valence-corrected chi connectivity index (χ2v) is 11.9. The van der Waals surface area contributed by atoms with Crippen molar-refractivity contribution in [1.29, 1.82) is 0 Å². The van der Waals surface area contributed by atoms with Gasteiger partial charge < -0.3 is 24.4 Å². The molecule has 6 rings (SSSR count). The maximum atomic E-state index is 13.7. The number of aliphatic hydroxyl groups excluding tert-OH is 1. The number of ether oxygens (including phenoxy) is 3. The number of Topliss-reactive ketones (excluding diaryl/α,β-unsaturated/α-hetero) is 2. The van der Waals surface area contributed by atoms with Crippen LogP contribution >= 0.6 is 0 Å². The normalized spacial score (nSPS) is 13.9. The van der Waals surface area contributed by atoms with Crippen LogP contribution in [-0.4, -0.2) is 62.2 Å². The SMILES string of the molecule is COc1cc2c(Oc3ccc(CC(=O)c4cc5c(n(-c6ccccc6)c4=O)CCCC5=O)nc3)ccnc2cc1OCC[C@](C)(O)CO. The summed E-state index contributed by atoms with van der Waals surface area (Å²) >= 11 is 0. The molecular weight excluding hydrogens is 614 g/mol. The van der Waals surface area contributed by atoms with E-state index in [0.29, 0.717) is 75.8 Å². The number of ketones is 2. The van der Waals surface area contributed by atoms with Gasteiger partial charge in [-0.05, 0) is 62.2 Å². The molecule has 1 atom stereocenters. The van der Waals surface area contributed by atoms with Gasteiger partial charge in [0.25, 0.3) is 5.56 Å². The molecule has 0 spiro atoms. The summed E-state index contributed by atoms with van der Waals surface area (Å²) in [5.41, 5.74) is 0.920. The summed E-state index contributed by atoms with van der Waals surface area (Å²) in [7, 11) is 1.51. The van der Waals surface area contributed by atoms with Gasteiger partial charge in [-0.25, -0.2) is 0 Å². The van der Waals surface area contributed by atoms with Crippen molar-refractivity contribution in [2.75, 3.05) is 20.3 Å². The molecule has 11 nitrogen and oxygen atoms in total. The van der Waals surface area contributed by atoms with Crippen molar-refractivity contribution in [2.45, 2.75) is 44.6 Å². The highest BCUT2D eigenvalue weighted by atomic mass is 16.5. The molecule has 11 heteroatoms. The van der Waals surface area contributed by atoms with Crippen LogP contribution in [0, 0.1) is 0 Å². The summed E-state index contributed by atoms with van der Waals surface area (Å²) in [6.45, 7) is 1.30. The first-order chi connectivity index (χ1) is 23.2. The van der Waals surface area contributed by atoms with E-state index in [1.165, 1.54) is 30.9 Å². The zero-order valence-corrected chi connectivity index (χ0v) is 26.6. The predicted octanol–water partition coefficient (Wildman–Crippen LogP) is 5.04. The molecule has 0 bridgehead atoms. The second-order valence-electron chi connectivity index (χ2n) is 11.9. The molecule has 246 valence electrons. The van der Waals surface area contributed by atoms with Gasteiger partial charge in [0.2, 0.25) is 0 Å². The molecule has 0 radical (unpaired) electrons. The molecule has 0 amide bonds. The molecule has 3 aromatic heterocycles. The van der Waals surface area contributed by atoms with Crippen LogP contribution in [0.25, 0.3) is 16.6 Å².